The topological polar surface area (TPSA) is 81.9 Å². The Hall–Kier alpha value is -2.61. The molecule has 1 aliphatic rings. The highest BCUT2D eigenvalue weighted by molar-refractivity contribution is 7.82. The summed E-state index contributed by atoms with van der Waals surface area (Å²) < 4.78 is 22.7. The van der Waals surface area contributed by atoms with E-state index in [4.69, 9.17) is 26.2 Å². The third-order valence-corrected chi connectivity index (χ3v) is 5.55. The molecule has 1 amide bonds. The number of rotatable bonds is 4. The Morgan fingerprint density at radius 1 is 1.31 bits per heavy atom. The Bertz CT molecular complexity index is 1060. The van der Waals surface area contributed by atoms with E-state index in [2.05, 4.69) is 6.58 Å². The molecule has 0 saturated heterocycles. The van der Waals surface area contributed by atoms with Crippen LogP contribution in [0.15, 0.2) is 59.2 Å². The summed E-state index contributed by atoms with van der Waals surface area (Å²) in [6.45, 7) is 5.98. The minimum absolute atomic E-state index is 0.214. The first-order valence-corrected chi connectivity index (χ1v) is 10.3. The van der Waals surface area contributed by atoms with Crippen molar-refractivity contribution in [1.82, 2.24) is 4.90 Å². The number of amides is 1. The summed E-state index contributed by atoms with van der Waals surface area (Å²) in [5.74, 6) is 1.21. The van der Waals surface area contributed by atoms with Crippen LogP contribution < -0.4 is 14.6 Å². The number of nitrogens with two attached hydrogens (primary N) is 1. The maximum Gasteiger partial charge on any atom is 0.414 e. The summed E-state index contributed by atoms with van der Waals surface area (Å²) in [4.78, 5) is 13.7. The Balaban J connectivity index is 1.96. The van der Waals surface area contributed by atoms with Gasteiger partial charge in [0, 0.05) is 37.7 Å². The summed E-state index contributed by atoms with van der Waals surface area (Å²) in [6, 6.07) is 10.6. The van der Waals surface area contributed by atoms with Crippen molar-refractivity contribution < 1.29 is 18.5 Å². The summed E-state index contributed by atoms with van der Waals surface area (Å²) >= 11 is 6.33. The van der Waals surface area contributed by atoms with Gasteiger partial charge in [-0.1, -0.05) is 30.3 Å². The van der Waals surface area contributed by atoms with Gasteiger partial charge in [0.25, 0.3) is 0 Å². The summed E-state index contributed by atoms with van der Waals surface area (Å²) in [6.07, 6.45) is -0.00367. The fourth-order valence-electron chi connectivity index (χ4n) is 2.96. The molecular weight excluding hydrogens is 412 g/mol. The molecule has 0 fully saturated rings. The standard InChI is InChI=1S/C21H21ClN2O4S/c1-12-16(9-14-6-5-7-15(8-14)29(23)26)13(2)27-19-11-20(18(22)10-17(12)19)28-21(25)24(3)4/h5-8,10-11H,2,9,23H2,1,3-4H3. The lowest BCUT2D eigenvalue weighted by molar-refractivity contribution is 0.172. The molecule has 0 aliphatic carbocycles. The van der Waals surface area contributed by atoms with E-state index >= 15 is 0 Å². The minimum atomic E-state index is -1.55. The van der Waals surface area contributed by atoms with Crippen molar-refractivity contribution in [3.8, 4) is 11.5 Å². The van der Waals surface area contributed by atoms with Gasteiger partial charge < -0.3 is 14.4 Å². The van der Waals surface area contributed by atoms with Gasteiger partial charge in [0.1, 0.15) is 22.5 Å². The van der Waals surface area contributed by atoms with E-state index in [1.807, 2.05) is 19.1 Å². The maximum atomic E-state index is 11.8. The van der Waals surface area contributed by atoms with Crippen molar-refractivity contribution in [2.75, 3.05) is 14.1 Å². The molecule has 152 valence electrons. The van der Waals surface area contributed by atoms with Crippen LogP contribution in [0.5, 0.6) is 11.5 Å². The molecule has 3 rings (SSSR count). The molecule has 2 aromatic rings. The second-order valence-corrected chi connectivity index (χ2v) is 8.26. The van der Waals surface area contributed by atoms with Crippen LogP contribution in [0.25, 0.3) is 5.57 Å². The van der Waals surface area contributed by atoms with E-state index in [-0.39, 0.29) is 5.75 Å². The average Bonchev–Trinajstić information content (AvgIpc) is 2.66. The third kappa shape index (κ3) is 4.53. The largest absolute Gasteiger partial charge is 0.457 e. The predicted octanol–water partition coefficient (Wildman–Crippen LogP) is 4.30. The van der Waals surface area contributed by atoms with Crippen LogP contribution >= 0.6 is 11.6 Å². The highest BCUT2D eigenvalue weighted by atomic mass is 35.5. The van der Waals surface area contributed by atoms with Gasteiger partial charge in [-0.15, -0.1) is 0 Å². The van der Waals surface area contributed by atoms with Crippen molar-refractivity contribution in [3.63, 3.8) is 0 Å². The molecule has 0 bridgehead atoms. The number of carbonyl (C=O) groups is 1. The van der Waals surface area contributed by atoms with Gasteiger partial charge >= 0.3 is 6.09 Å². The van der Waals surface area contributed by atoms with Crippen molar-refractivity contribution in [3.05, 3.63) is 70.5 Å². The van der Waals surface area contributed by atoms with E-state index in [1.165, 1.54) is 4.90 Å². The summed E-state index contributed by atoms with van der Waals surface area (Å²) in [7, 11) is 1.62. The molecule has 0 radical (unpaired) electrons. The third-order valence-electron chi connectivity index (χ3n) is 4.53. The number of hydrogen-bond acceptors (Lipinski definition) is 4. The Labute approximate surface area is 177 Å². The summed E-state index contributed by atoms with van der Waals surface area (Å²) in [5.41, 5.74) is 3.57. The monoisotopic (exact) mass is 432 g/mol. The van der Waals surface area contributed by atoms with Crippen molar-refractivity contribution >= 4 is 34.3 Å². The SMILES string of the molecule is C=C1Oc2cc(OC(=O)N(C)C)c(Cl)cc2C(C)=C1Cc1cccc(S(N)=O)c1. The number of benzene rings is 2. The number of allylic oxidation sites excluding steroid dienone is 2. The van der Waals surface area contributed by atoms with Crippen molar-refractivity contribution in [1.29, 1.82) is 0 Å². The molecule has 0 aromatic heterocycles. The van der Waals surface area contributed by atoms with Crippen LogP contribution in [0.2, 0.25) is 5.02 Å². The zero-order valence-electron chi connectivity index (χ0n) is 16.3. The maximum absolute atomic E-state index is 11.8. The number of halogens is 1. The Morgan fingerprint density at radius 3 is 2.69 bits per heavy atom. The van der Waals surface area contributed by atoms with E-state index in [0.29, 0.717) is 27.8 Å². The first kappa shape index (κ1) is 21.1. The number of ether oxygens (including phenoxy) is 2. The fourth-order valence-corrected chi connectivity index (χ4v) is 3.64. The van der Waals surface area contributed by atoms with Gasteiger partial charge in [0.2, 0.25) is 0 Å². The molecule has 29 heavy (non-hydrogen) atoms. The van der Waals surface area contributed by atoms with Crippen LogP contribution in [0.1, 0.15) is 18.1 Å². The first-order valence-electron chi connectivity index (χ1n) is 8.72. The van der Waals surface area contributed by atoms with E-state index in [0.717, 1.165) is 22.3 Å². The molecular formula is C21H21ClN2O4S. The summed E-state index contributed by atoms with van der Waals surface area (Å²) in [5, 5.41) is 5.78. The van der Waals surface area contributed by atoms with Gasteiger partial charge in [-0.05, 0) is 36.3 Å². The fraction of sp³-hybridized carbons (Fsp3) is 0.190. The Kier molecular flexibility index (Phi) is 6.12. The van der Waals surface area contributed by atoms with Crippen molar-refractivity contribution in [2.45, 2.75) is 18.2 Å². The molecule has 0 spiro atoms. The van der Waals surface area contributed by atoms with E-state index in [9.17, 15) is 9.00 Å². The van der Waals surface area contributed by atoms with Crippen LogP contribution in [-0.2, 0) is 17.4 Å². The number of carbonyl (C=O) groups excluding carboxylic acids is 1. The molecule has 1 atom stereocenters. The molecule has 8 heteroatoms. The first-order chi connectivity index (χ1) is 13.7. The lowest BCUT2D eigenvalue weighted by Gasteiger charge is -2.25. The zero-order chi connectivity index (χ0) is 21.3. The quantitative estimate of drug-likeness (QED) is 0.780. The van der Waals surface area contributed by atoms with Gasteiger partial charge in [-0.3, -0.25) is 0 Å². The molecule has 0 saturated carbocycles. The second-order valence-electron chi connectivity index (χ2n) is 6.79. The molecule has 1 heterocycles. The predicted molar refractivity (Wildman–Crippen MR) is 114 cm³/mol. The highest BCUT2D eigenvalue weighted by Gasteiger charge is 2.24. The molecule has 1 aliphatic heterocycles. The highest BCUT2D eigenvalue weighted by Crippen LogP contribution is 2.43. The van der Waals surface area contributed by atoms with Crippen LogP contribution in [0.4, 0.5) is 4.79 Å². The molecule has 2 aromatic carbocycles. The van der Waals surface area contributed by atoms with Gasteiger partial charge in [-0.2, -0.15) is 0 Å². The van der Waals surface area contributed by atoms with Crippen molar-refractivity contribution in [2.24, 2.45) is 5.14 Å². The van der Waals surface area contributed by atoms with Gasteiger partial charge in [0.15, 0.2) is 5.75 Å². The Morgan fingerprint density at radius 2 is 2.03 bits per heavy atom. The van der Waals surface area contributed by atoms with Gasteiger partial charge in [-0.25, -0.2) is 14.1 Å². The van der Waals surface area contributed by atoms with Crippen LogP contribution in [-0.4, -0.2) is 29.3 Å². The normalized spacial score (nSPS) is 14.2. The molecule has 6 nitrogen and oxygen atoms in total. The van der Waals surface area contributed by atoms with Crippen LogP contribution in [0.3, 0.4) is 0 Å². The van der Waals surface area contributed by atoms with Crippen LogP contribution in [0, 0.1) is 0 Å². The smallest absolute Gasteiger partial charge is 0.414 e. The number of hydrogen-bond donors (Lipinski definition) is 1. The average molecular weight is 433 g/mol. The molecule has 2 N–H and O–H groups in total. The lowest BCUT2D eigenvalue weighted by atomic mass is 9.92. The minimum Gasteiger partial charge on any atom is -0.457 e. The van der Waals surface area contributed by atoms with Gasteiger partial charge in [0.05, 0.1) is 9.92 Å². The second kappa shape index (κ2) is 8.41. The molecule has 1 unspecified atom stereocenters. The lowest BCUT2D eigenvalue weighted by Crippen LogP contribution is -2.25. The number of nitrogens with zero attached hydrogens (tertiary/aromatic N) is 1. The zero-order valence-corrected chi connectivity index (χ0v) is 17.9. The van der Waals surface area contributed by atoms with E-state index < -0.39 is 17.1 Å². The number of fused-ring (bicyclic) bond motifs is 1. The van der Waals surface area contributed by atoms with E-state index in [1.54, 1.807) is 38.4 Å².